The second-order valence-corrected chi connectivity index (χ2v) is 3.47. The molecule has 0 aliphatic carbocycles. The fraction of sp³-hybridized carbons (Fsp3) is 0.300. The zero-order valence-electron chi connectivity index (χ0n) is 8.95. The van der Waals surface area contributed by atoms with E-state index in [2.05, 4.69) is 16.9 Å². The Bertz CT molecular complexity index is 513. The predicted molar refractivity (Wildman–Crippen MR) is 59.1 cm³/mol. The molecule has 0 aliphatic rings. The molecule has 2 N–H and O–H groups in total. The molecule has 6 nitrogen and oxygen atoms in total. The van der Waals surface area contributed by atoms with E-state index in [0.29, 0.717) is 6.54 Å². The maximum atomic E-state index is 11.4. The number of aromatic amines is 1. The van der Waals surface area contributed by atoms with Gasteiger partial charge in [-0.15, -0.1) is 0 Å². The lowest BCUT2D eigenvalue weighted by Crippen LogP contribution is -2.35. The van der Waals surface area contributed by atoms with Crippen LogP contribution in [0.3, 0.4) is 0 Å². The second-order valence-electron chi connectivity index (χ2n) is 3.47. The van der Waals surface area contributed by atoms with Gasteiger partial charge in [0, 0.05) is 18.8 Å². The van der Waals surface area contributed by atoms with Crippen LogP contribution in [0.5, 0.6) is 0 Å². The first-order chi connectivity index (χ1) is 7.49. The van der Waals surface area contributed by atoms with Crippen LogP contribution in [0.25, 0.3) is 0 Å². The number of hydrogen-bond acceptors (Lipinski definition) is 3. The Morgan fingerprint density at radius 2 is 2.25 bits per heavy atom. The number of nitrogens with one attached hydrogen (secondary N) is 2. The zero-order chi connectivity index (χ0) is 12.1. The first kappa shape index (κ1) is 12.0. The van der Waals surface area contributed by atoms with Gasteiger partial charge in [-0.05, 0) is 6.92 Å². The summed E-state index contributed by atoms with van der Waals surface area (Å²) in [5.41, 5.74) is -0.260. The molecule has 0 spiro atoms. The highest BCUT2D eigenvalue weighted by molar-refractivity contribution is 5.75. The zero-order valence-corrected chi connectivity index (χ0v) is 8.95. The molecular formula is C10H13N3O3. The molecule has 1 rings (SSSR count). The number of hydrogen-bond donors (Lipinski definition) is 2. The van der Waals surface area contributed by atoms with E-state index in [1.54, 1.807) is 6.92 Å². The Balaban J connectivity index is 2.66. The van der Waals surface area contributed by atoms with Crippen molar-refractivity contribution < 1.29 is 4.79 Å². The third-order valence-electron chi connectivity index (χ3n) is 1.80. The van der Waals surface area contributed by atoms with Crippen LogP contribution in [-0.2, 0) is 11.3 Å². The molecule has 1 aromatic heterocycles. The fourth-order valence-electron chi connectivity index (χ4n) is 1.03. The molecule has 0 fully saturated rings. The quantitative estimate of drug-likeness (QED) is 0.657. The molecule has 0 aliphatic heterocycles. The van der Waals surface area contributed by atoms with Gasteiger partial charge in [-0.3, -0.25) is 19.1 Å². The molecule has 16 heavy (non-hydrogen) atoms. The first-order valence-corrected chi connectivity index (χ1v) is 4.70. The molecule has 6 heteroatoms. The molecular weight excluding hydrogens is 210 g/mol. The molecule has 0 saturated carbocycles. The van der Waals surface area contributed by atoms with Gasteiger partial charge in [0.25, 0.3) is 5.56 Å². The predicted octanol–water partition coefficient (Wildman–Crippen LogP) is -0.771. The van der Waals surface area contributed by atoms with Crippen molar-refractivity contribution in [1.29, 1.82) is 0 Å². The number of amides is 1. The highest BCUT2D eigenvalue weighted by atomic mass is 16.2. The summed E-state index contributed by atoms with van der Waals surface area (Å²) < 4.78 is 1.12. The van der Waals surface area contributed by atoms with E-state index in [4.69, 9.17) is 0 Å². The van der Waals surface area contributed by atoms with Crippen molar-refractivity contribution in [2.24, 2.45) is 0 Å². The van der Waals surface area contributed by atoms with Crippen LogP contribution in [0.1, 0.15) is 6.92 Å². The molecule has 1 aromatic rings. The third-order valence-corrected chi connectivity index (χ3v) is 1.80. The van der Waals surface area contributed by atoms with Gasteiger partial charge in [-0.1, -0.05) is 12.2 Å². The van der Waals surface area contributed by atoms with Gasteiger partial charge in [0.15, 0.2) is 0 Å². The molecule has 0 bridgehead atoms. The molecule has 0 radical (unpaired) electrons. The highest BCUT2D eigenvalue weighted by Crippen LogP contribution is 1.83. The van der Waals surface area contributed by atoms with E-state index in [1.165, 1.54) is 12.3 Å². The maximum absolute atomic E-state index is 11.4. The van der Waals surface area contributed by atoms with Crippen LogP contribution in [0, 0.1) is 0 Å². The molecule has 0 aromatic carbocycles. The van der Waals surface area contributed by atoms with Crippen LogP contribution in [-0.4, -0.2) is 22.0 Å². The minimum absolute atomic E-state index is 0.122. The largest absolute Gasteiger partial charge is 0.351 e. The Morgan fingerprint density at radius 3 is 2.81 bits per heavy atom. The summed E-state index contributed by atoms with van der Waals surface area (Å²) in [6, 6.07) is 1.19. The maximum Gasteiger partial charge on any atom is 0.328 e. The van der Waals surface area contributed by atoms with Gasteiger partial charge in [0.2, 0.25) is 5.91 Å². The lowest BCUT2D eigenvalue weighted by atomic mass is 10.3. The Morgan fingerprint density at radius 1 is 1.56 bits per heavy atom. The van der Waals surface area contributed by atoms with Crippen LogP contribution < -0.4 is 16.6 Å². The SMILES string of the molecule is C=C(C)CNC(=O)Cn1ccc(=O)[nH]c1=O. The van der Waals surface area contributed by atoms with Crippen LogP contribution in [0.15, 0.2) is 34.0 Å². The van der Waals surface area contributed by atoms with Crippen molar-refractivity contribution in [3.05, 3.63) is 45.3 Å². The first-order valence-electron chi connectivity index (χ1n) is 4.70. The highest BCUT2D eigenvalue weighted by Gasteiger charge is 2.03. The average Bonchev–Trinajstić information content (AvgIpc) is 2.19. The van der Waals surface area contributed by atoms with Crippen LogP contribution >= 0.6 is 0 Å². The van der Waals surface area contributed by atoms with Gasteiger partial charge in [-0.2, -0.15) is 0 Å². The topological polar surface area (TPSA) is 84.0 Å². The minimum atomic E-state index is -0.599. The monoisotopic (exact) mass is 223 g/mol. The fourth-order valence-corrected chi connectivity index (χ4v) is 1.03. The lowest BCUT2D eigenvalue weighted by Gasteiger charge is -2.05. The summed E-state index contributed by atoms with van der Waals surface area (Å²) in [6.07, 6.45) is 1.28. The Labute approximate surface area is 91.6 Å². The number of carbonyl (C=O) groups is 1. The van der Waals surface area contributed by atoms with E-state index < -0.39 is 11.2 Å². The summed E-state index contributed by atoms with van der Waals surface area (Å²) in [7, 11) is 0. The molecule has 1 amide bonds. The van der Waals surface area contributed by atoms with Crippen molar-refractivity contribution in [1.82, 2.24) is 14.9 Å². The third kappa shape index (κ3) is 3.56. The van der Waals surface area contributed by atoms with E-state index >= 15 is 0 Å². The van der Waals surface area contributed by atoms with Crippen molar-refractivity contribution >= 4 is 5.91 Å². The van der Waals surface area contributed by atoms with Crippen LogP contribution in [0.4, 0.5) is 0 Å². The van der Waals surface area contributed by atoms with E-state index in [9.17, 15) is 14.4 Å². The van der Waals surface area contributed by atoms with Gasteiger partial charge in [0.05, 0.1) is 0 Å². The van der Waals surface area contributed by atoms with Crippen molar-refractivity contribution in [3.63, 3.8) is 0 Å². The van der Waals surface area contributed by atoms with Crippen molar-refractivity contribution in [2.75, 3.05) is 6.54 Å². The number of nitrogens with zero attached hydrogens (tertiary/aromatic N) is 1. The standard InChI is InChI=1S/C10H13N3O3/c1-7(2)5-11-9(15)6-13-4-3-8(14)12-10(13)16/h3-4H,1,5-6H2,2H3,(H,11,15)(H,12,14,16). The molecule has 0 unspecified atom stereocenters. The molecule has 0 saturated heterocycles. The van der Waals surface area contributed by atoms with Crippen LogP contribution in [0.2, 0.25) is 0 Å². The summed E-state index contributed by atoms with van der Waals surface area (Å²) in [6.45, 7) is 5.67. The van der Waals surface area contributed by atoms with Crippen molar-refractivity contribution in [2.45, 2.75) is 13.5 Å². The molecule has 0 atom stereocenters. The average molecular weight is 223 g/mol. The number of carbonyl (C=O) groups excluding carboxylic acids is 1. The van der Waals surface area contributed by atoms with E-state index in [1.807, 2.05) is 0 Å². The normalized spacial score (nSPS) is 9.81. The van der Waals surface area contributed by atoms with Gasteiger partial charge < -0.3 is 5.32 Å². The van der Waals surface area contributed by atoms with E-state index in [-0.39, 0.29) is 12.5 Å². The lowest BCUT2D eigenvalue weighted by molar-refractivity contribution is -0.121. The molecule has 1 heterocycles. The number of aromatic nitrogens is 2. The summed E-state index contributed by atoms with van der Waals surface area (Å²) >= 11 is 0. The summed E-state index contributed by atoms with van der Waals surface area (Å²) in [5, 5.41) is 2.58. The van der Waals surface area contributed by atoms with Gasteiger partial charge in [-0.25, -0.2) is 4.79 Å². The van der Waals surface area contributed by atoms with E-state index in [0.717, 1.165) is 10.1 Å². The summed E-state index contributed by atoms with van der Waals surface area (Å²) in [4.78, 5) is 35.4. The molecule has 86 valence electrons. The summed E-state index contributed by atoms with van der Waals surface area (Å²) in [5.74, 6) is -0.308. The minimum Gasteiger partial charge on any atom is -0.351 e. The number of rotatable bonds is 4. The second kappa shape index (κ2) is 5.11. The smallest absolute Gasteiger partial charge is 0.328 e. The number of H-pyrrole nitrogens is 1. The van der Waals surface area contributed by atoms with Crippen molar-refractivity contribution in [3.8, 4) is 0 Å². The van der Waals surface area contributed by atoms with Gasteiger partial charge in [0.1, 0.15) is 6.54 Å². The Kier molecular flexibility index (Phi) is 3.82. The Hall–Kier alpha value is -2.11. The van der Waals surface area contributed by atoms with Gasteiger partial charge >= 0.3 is 5.69 Å².